The molecule has 0 bridgehead atoms. The molecule has 5 heteroatoms. The van der Waals surface area contributed by atoms with Crippen molar-refractivity contribution in [1.29, 1.82) is 0 Å². The highest BCUT2D eigenvalue weighted by Gasteiger charge is 2.22. The average Bonchev–Trinajstić information content (AvgIpc) is 2.24. The van der Waals surface area contributed by atoms with Gasteiger partial charge in [0.25, 0.3) is 0 Å². The minimum absolute atomic E-state index is 0.153. The Labute approximate surface area is 102 Å². The van der Waals surface area contributed by atoms with Gasteiger partial charge < -0.3 is 15.7 Å². The second-order valence-corrected chi connectivity index (χ2v) is 4.12. The number of carbonyl (C=O) groups excluding carboxylic acids is 1. The lowest BCUT2D eigenvalue weighted by Crippen LogP contribution is -2.48. The highest BCUT2D eigenvalue weighted by molar-refractivity contribution is 5.82. The third-order valence-corrected chi connectivity index (χ3v) is 2.25. The number of nitrogens with one attached hydrogen (secondary N) is 2. The van der Waals surface area contributed by atoms with E-state index < -0.39 is 18.0 Å². The van der Waals surface area contributed by atoms with Crippen LogP contribution in [0.1, 0.15) is 33.1 Å². The van der Waals surface area contributed by atoms with Gasteiger partial charge in [0.1, 0.15) is 6.04 Å². The number of aliphatic carboxylic acids is 1. The fourth-order valence-electron chi connectivity index (χ4n) is 1.26. The van der Waals surface area contributed by atoms with E-state index in [2.05, 4.69) is 16.6 Å². The smallest absolute Gasteiger partial charge is 0.326 e. The number of carbonyl (C=O) groups is 2. The van der Waals surface area contributed by atoms with Crippen LogP contribution in [-0.2, 0) is 4.79 Å². The van der Waals surface area contributed by atoms with E-state index in [0.29, 0.717) is 13.0 Å². The fourth-order valence-corrected chi connectivity index (χ4v) is 1.26. The van der Waals surface area contributed by atoms with Crippen LogP contribution in [0.15, 0.2) is 0 Å². The number of amides is 2. The van der Waals surface area contributed by atoms with Crippen LogP contribution in [0.25, 0.3) is 0 Å². The van der Waals surface area contributed by atoms with E-state index in [1.54, 1.807) is 13.8 Å². The summed E-state index contributed by atoms with van der Waals surface area (Å²) in [5, 5.41) is 13.9. The van der Waals surface area contributed by atoms with Gasteiger partial charge in [-0.2, -0.15) is 0 Å². The molecule has 0 saturated carbocycles. The summed E-state index contributed by atoms with van der Waals surface area (Å²) in [4.78, 5) is 22.2. The maximum absolute atomic E-state index is 11.4. The molecule has 0 aliphatic carbocycles. The molecule has 0 unspecified atom stereocenters. The Morgan fingerprint density at radius 1 is 1.35 bits per heavy atom. The first-order valence-corrected chi connectivity index (χ1v) is 5.69. The molecule has 0 heterocycles. The molecule has 0 aliphatic heterocycles. The molecule has 0 radical (unpaired) electrons. The Morgan fingerprint density at radius 3 is 2.47 bits per heavy atom. The van der Waals surface area contributed by atoms with Crippen molar-refractivity contribution >= 4 is 12.0 Å². The molecule has 96 valence electrons. The van der Waals surface area contributed by atoms with Crippen molar-refractivity contribution in [1.82, 2.24) is 10.6 Å². The first-order chi connectivity index (χ1) is 7.99. The van der Waals surface area contributed by atoms with Gasteiger partial charge in [-0.25, -0.2) is 9.59 Å². The van der Waals surface area contributed by atoms with Crippen molar-refractivity contribution in [3.05, 3.63) is 0 Å². The number of hydrogen-bond donors (Lipinski definition) is 3. The van der Waals surface area contributed by atoms with Crippen molar-refractivity contribution in [2.24, 2.45) is 5.92 Å². The maximum Gasteiger partial charge on any atom is 0.326 e. The maximum atomic E-state index is 11.4. The lowest BCUT2D eigenvalue weighted by atomic mass is 10.1. The molecule has 5 nitrogen and oxygen atoms in total. The van der Waals surface area contributed by atoms with Gasteiger partial charge in [0.15, 0.2) is 0 Å². The molecule has 0 saturated heterocycles. The number of carboxylic acid groups (broad SMARTS) is 1. The molecular formula is C12H20N2O3. The Hall–Kier alpha value is -1.70. The van der Waals surface area contributed by atoms with Crippen molar-refractivity contribution in [3.8, 4) is 12.3 Å². The molecule has 0 aliphatic rings. The van der Waals surface area contributed by atoms with Gasteiger partial charge in [-0.15, -0.1) is 12.3 Å². The van der Waals surface area contributed by atoms with Gasteiger partial charge in [-0.3, -0.25) is 0 Å². The van der Waals surface area contributed by atoms with Crippen LogP contribution in [0, 0.1) is 18.3 Å². The van der Waals surface area contributed by atoms with E-state index in [0.717, 1.165) is 12.8 Å². The molecule has 2 amide bonds. The Kier molecular flexibility index (Phi) is 7.61. The molecular weight excluding hydrogens is 220 g/mol. The summed E-state index contributed by atoms with van der Waals surface area (Å²) < 4.78 is 0. The van der Waals surface area contributed by atoms with E-state index in [-0.39, 0.29) is 5.92 Å². The van der Waals surface area contributed by atoms with E-state index in [1.807, 2.05) is 0 Å². The van der Waals surface area contributed by atoms with E-state index in [9.17, 15) is 9.59 Å². The average molecular weight is 240 g/mol. The van der Waals surface area contributed by atoms with Crippen LogP contribution in [0.4, 0.5) is 4.79 Å². The van der Waals surface area contributed by atoms with Crippen molar-refractivity contribution < 1.29 is 14.7 Å². The lowest BCUT2D eigenvalue weighted by molar-refractivity contribution is -0.140. The van der Waals surface area contributed by atoms with Gasteiger partial charge in [0.2, 0.25) is 0 Å². The summed E-state index contributed by atoms with van der Waals surface area (Å²) in [7, 11) is 0. The van der Waals surface area contributed by atoms with Crippen molar-refractivity contribution in [3.63, 3.8) is 0 Å². The van der Waals surface area contributed by atoms with Crippen LogP contribution >= 0.6 is 0 Å². The van der Waals surface area contributed by atoms with Gasteiger partial charge in [0, 0.05) is 13.0 Å². The van der Waals surface area contributed by atoms with E-state index in [1.165, 1.54) is 0 Å². The van der Waals surface area contributed by atoms with Crippen LogP contribution in [0.2, 0.25) is 0 Å². The summed E-state index contributed by atoms with van der Waals surface area (Å²) in [5.74, 6) is 1.33. The normalized spacial score (nSPS) is 11.6. The zero-order valence-electron chi connectivity index (χ0n) is 10.3. The molecule has 0 rings (SSSR count). The van der Waals surface area contributed by atoms with Crippen LogP contribution in [0.5, 0.6) is 0 Å². The van der Waals surface area contributed by atoms with E-state index >= 15 is 0 Å². The highest BCUT2D eigenvalue weighted by Crippen LogP contribution is 2.01. The first-order valence-electron chi connectivity index (χ1n) is 5.69. The zero-order chi connectivity index (χ0) is 13.3. The summed E-state index contributed by atoms with van der Waals surface area (Å²) >= 11 is 0. The molecule has 1 atom stereocenters. The number of carboxylic acids is 1. The first kappa shape index (κ1) is 15.3. The third-order valence-electron chi connectivity index (χ3n) is 2.25. The molecule has 3 N–H and O–H groups in total. The second-order valence-electron chi connectivity index (χ2n) is 4.12. The summed E-state index contributed by atoms with van der Waals surface area (Å²) in [6.07, 6.45) is 7.41. The summed E-state index contributed by atoms with van der Waals surface area (Å²) in [5.41, 5.74) is 0. The van der Waals surface area contributed by atoms with Gasteiger partial charge in [0.05, 0.1) is 0 Å². The topological polar surface area (TPSA) is 78.4 Å². The summed E-state index contributed by atoms with van der Waals surface area (Å²) in [6, 6.07) is -1.31. The number of terminal acetylenes is 1. The second kappa shape index (κ2) is 8.45. The molecule has 0 aromatic rings. The van der Waals surface area contributed by atoms with Crippen molar-refractivity contribution in [2.75, 3.05) is 6.54 Å². The predicted molar refractivity (Wildman–Crippen MR) is 65.5 cm³/mol. The number of unbranched alkanes of at least 4 members (excludes halogenated alkanes) is 2. The Balaban J connectivity index is 3.84. The standard InChI is InChI=1S/C12H20N2O3/c1-4-5-6-7-8-13-12(17)14-10(9(2)3)11(15)16/h1,9-10H,5-8H2,2-3H3,(H,15,16)(H2,13,14,17)/t10-/m1/s1. The van der Waals surface area contributed by atoms with Gasteiger partial charge in [-0.1, -0.05) is 13.8 Å². The lowest BCUT2D eigenvalue weighted by Gasteiger charge is -2.18. The fraction of sp³-hybridized carbons (Fsp3) is 0.667. The van der Waals surface area contributed by atoms with Crippen molar-refractivity contribution in [2.45, 2.75) is 39.2 Å². The molecule has 0 fully saturated rings. The zero-order valence-corrected chi connectivity index (χ0v) is 10.3. The SMILES string of the molecule is C#CCCCCNC(=O)N[C@@H](C(=O)O)C(C)C. The minimum Gasteiger partial charge on any atom is -0.480 e. The molecule has 0 aromatic carbocycles. The summed E-state index contributed by atoms with van der Waals surface area (Å²) in [6.45, 7) is 3.98. The van der Waals surface area contributed by atoms with Gasteiger partial charge in [-0.05, 0) is 18.8 Å². The van der Waals surface area contributed by atoms with Crippen LogP contribution in [-0.4, -0.2) is 29.7 Å². The van der Waals surface area contributed by atoms with Crippen LogP contribution in [0.3, 0.4) is 0 Å². The monoisotopic (exact) mass is 240 g/mol. The number of hydrogen-bond acceptors (Lipinski definition) is 2. The quantitative estimate of drug-likeness (QED) is 0.462. The Morgan fingerprint density at radius 2 is 2.00 bits per heavy atom. The number of urea groups is 1. The molecule has 0 spiro atoms. The predicted octanol–water partition coefficient (Wildman–Crippen LogP) is 1.20. The third kappa shape index (κ3) is 7.23. The van der Waals surface area contributed by atoms with Crippen LogP contribution < -0.4 is 10.6 Å². The Bertz CT molecular complexity index is 295. The minimum atomic E-state index is -1.03. The molecule has 0 aromatic heterocycles. The molecule has 17 heavy (non-hydrogen) atoms. The van der Waals surface area contributed by atoms with Gasteiger partial charge >= 0.3 is 12.0 Å². The van der Waals surface area contributed by atoms with E-state index in [4.69, 9.17) is 11.5 Å². The number of rotatable bonds is 7. The highest BCUT2D eigenvalue weighted by atomic mass is 16.4. The largest absolute Gasteiger partial charge is 0.480 e.